The molecule has 1 heterocycles. The van der Waals surface area contributed by atoms with E-state index in [1.807, 2.05) is 0 Å². The van der Waals surface area contributed by atoms with Gasteiger partial charge in [0.2, 0.25) is 5.95 Å². The predicted molar refractivity (Wildman–Crippen MR) is 63.7 cm³/mol. The van der Waals surface area contributed by atoms with Gasteiger partial charge in [-0.05, 0) is 18.2 Å². The highest BCUT2D eigenvalue weighted by Crippen LogP contribution is 2.20. The van der Waals surface area contributed by atoms with E-state index in [4.69, 9.17) is 0 Å². The average molecular weight is 230 g/mol. The Hall–Kier alpha value is -2.50. The summed E-state index contributed by atoms with van der Waals surface area (Å²) >= 11 is 0. The first kappa shape index (κ1) is 11.0. The Kier molecular flexibility index (Phi) is 2.95. The SMILES string of the molecule is CNc1nccc(-c2ccc([N+](=O)[O-])cc2)n1. The lowest BCUT2D eigenvalue weighted by atomic mass is 10.1. The zero-order valence-corrected chi connectivity index (χ0v) is 9.12. The third-order valence-corrected chi connectivity index (χ3v) is 2.25. The Balaban J connectivity index is 2.36. The zero-order valence-electron chi connectivity index (χ0n) is 9.12. The molecule has 0 spiro atoms. The van der Waals surface area contributed by atoms with Gasteiger partial charge in [-0.15, -0.1) is 0 Å². The van der Waals surface area contributed by atoms with E-state index in [1.165, 1.54) is 12.1 Å². The molecule has 0 amide bonds. The van der Waals surface area contributed by atoms with E-state index in [0.29, 0.717) is 5.95 Å². The largest absolute Gasteiger partial charge is 0.357 e. The van der Waals surface area contributed by atoms with Crippen molar-refractivity contribution < 1.29 is 4.92 Å². The third-order valence-electron chi connectivity index (χ3n) is 2.25. The van der Waals surface area contributed by atoms with Gasteiger partial charge in [-0.2, -0.15) is 0 Å². The Morgan fingerprint density at radius 2 is 1.94 bits per heavy atom. The van der Waals surface area contributed by atoms with Crippen molar-refractivity contribution in [3.05, 3.63) is 46.6 Å². The Bertz CT molecular complexity index is 539. The quantitative estimate of drug-likeness (QED) is 0.645. The molecule has 0 saturated carbocycles. The van der Waals surface area contributed by atoms with Crippen LogP contribution in [0.25, 0.3) is 11.3 Å². The van der Waals surface area contributed by atoms with Crippen LogP contribution in [0.15, 0.2) is 36.5 Å². The molecule has 2 aromatic rings. The van der Waals surface area contributed by atoms with Crippen molar-refractivity contribution in [3.8, 4) is 11.3 Å². The summed E-state index contributed by atoms with van der Waals surface area (Å²) in [5, 5.41) is 13.4. The molecule has 17 heavy (non-hydrogen) atoms. The Morgan fingerprint density at radius 1 is 1.24 bits per heavy atom. The molecule has 2 rings (SSSR count). The lowest BCUT2D eigenvalue weighted by Gasteiger charge is -2.02. The number of anilines is 1. The maximum Gasteiger partial charge on any atom is 0.269 e. The van der Waals surface area contributed by atoms with Crippen LogP contribution < -0.4 is 5.32 Å². The van der Waals surface area contributed by atoms with E-state index in [1.54, 1.807) is 31.4 Å². The predicted octanol–water partition coefficient (Wildman–Crippen LogP) is 2.09. The van der Waals surface area contributed by atoms with Gasteiger partial charge in [0, 0.05) is 30.9 Å². The van der Waals surface area contributed by atoms with Gasteiger partial charge >= 0.3 is 0 Å². The highest BCUT2D eigenvalue weighted by molar-refractivity contribution is 5.61. The molecule has 0 aliphatic carbocycles. The first-order chi connectivity index (χ1) is 8.20. The second-order valence-electron chi connectivity index (χ2n) is 3.32. The summed E-state index contributed by atoms with van der Waals surface area (Å²) < 4.78 is 0. The summed E-state index contributed by atoms with van der Waals surface area (Å²) in [5.41, 5.74) is 1.60. The second-order valence-corrected chi connectivity index (χ2v) is 3.32. The van der Waals surface area contributed by atoms with Crippen LogP contribution in [0.4, 0.5) is 11.6 Å². The number of nitrogens with zero attached hydrogens (tertiary/aromatic N) is 3. The van der Waals surface area contributed by atoms with Crippen LogP contribution >= 0.6 is 0 Å². The van der Waals surface area contributed by atoms with E-state index in [2.05, 4.69) is 15.3 Å². The second kappa shape index (κ2) is 4.56. The van der Waals surface area contributed by atoms with Crippen molar-refractivity contribution in [2.45, 2.75) is 0 Å². The van der Waals surface area contributed by atoms with Crippen LogP contribution in [0.1, 0.15) is 0 Å². The number of aromatic nitrogens is 2. The normalized spacial score (nSPS) is 9.94. The van der Waals surface area contributed by atoms with Gasteiger partial charge in [0.25, 0.3) is 5.69 Å². The number of hydrogen-bond donors (Lipinski definition) is 1. The molecule has 86 valence electrons. The van der Waals surface area contributed by atoms with Gasteiger partial charge in [-0.25, -0.2) is 9.97 Å². The molecule has 0 atom stereocenters. The number of hydrogen-bond acceptors (Lipinski definition) is 5. The lowest BCUT2D eigenvalue weighted by molar-refractivity contribution is -0.384. The smallest absolute Gasteiger partial charge is 0.269 e. The number of non-ortho nitro benzene ring substituents is 1. The molecule has 1 N–H and O–H groups in total. The van der Waals surface area contributed by atoms with Crippen LogP contribution in [0.3, 0.4) is 0 Å². The van der Waals surface area contributed by atoms with E-state index >= 15 is 0 Å². The Morgan fingerprint density at radius 3 is 2.53 bits per heavy atom. The molecule has 1 aromatic heterocycles. The Labute approximate surface area is 97.5 Å². The fourth-order valence-electron chi connectivity index (χ4n) is 1.39. The van der Waals surface area contributed by atoms with Crippen molar-refractivity contribution in [2.24, 2.45) is 0 Å². The van der Waals surface area contributed by atoms with Crippen molar-refractivity contribution in [1.82, 2.24) is 9.97 Å². The molecule has 0 bridgehead atoms. The zero-order chi connectivity index (χ0) is 12.3. The van der Waals surface area contributed by atoms with Gasteiger partial charge in [0.15, 0.2) is 0 Å². The highest BCUT2D eigenvalue weighted by atomic mass is 16.6. The van der Waals surface area contributed by atoms with E-state index < -0.39 is 4.92 Å². The molecule has 0 saturated heterocycles. The van der Waals surface area contributed by atoms with E-state index in [9.17, 15) is 10.1 Å². The molecular weight excluding hydrogens is 220 g/mol. The molecule has 6 heteroatoms. The lowest BCUT2D eigenvalue weighted by Crippen LogP contribution is -1.96. The maximum absolute atomic E-state index is 10.5. The topological polar surface area (TPSA) is 81.0 Å². The van der Waals surface area contributed by atoms with Crippen LogP contribution in [0.5, 0.6) is 0 Å². The van der Waals surface area contributed by atoms with Crippen LogP contribution in [-0.4, -0.2) is 21.9 Å². The summed E-state index contributed by atoms with van der Waals surface area (Å²) in [6.45, 7) is 0. The number of nitrogens with one attached hydrogen (secondary N) is 1. The van der Waals surface area contributed by atoms with Gasteiger partial charge in [0.1, 0.15) is 0 Å². The molecule has 0 aliphatic heterocycles. The fourth-order valence-corrected chi connectivity index (χ4v) is 1.39. The van der Waals surface area contributed by atoms with Crippen LogP contribution in [-0.2, 0) is 0 Å². The molecule has 0 unspecified atom stereocenters. The number of nitro benzene ring substituents is 1. The molecule has 0 aliphatic rings. The van der Waals surface area contributed by atoms with Crippen LogP contribution in [0, 0.1) is 10.1 Å². The van der Waals surface area contributed by atoms with E-state index in [-0.39, 0.29) is 5.69 Å². The fraction of sp³-hybridized carbons (Fsp3) is 0.0909. The van der Waals surface area contributed by atoms with Gasteiger partial charge < -0.3 is 5.32 Å². The number of rotatable bonds is 3. The minimum Gasteiger partial charge on any atom is -0.357 e. The summed E-state index contributed by atoms with van der Waals surface area (Å²) in [6, 6.07) is 7.99. The third kappa shape index (κ3) is 2.36. The van der Waals surface area contributed by atoms with Crippen LogP contribution in [0.2, 0.25) is 0 Å². The summed E-state index contributed by atoms with van der Waals surface area (Å²) in [6.07, 6.45) is 1.63. The number of benzene rings is 1. The minimum absolute atomic E-state index is 0.0663. The monoisotopic (exact) mass is 230 g/mol. The first-order valence-electron chi connectivity index (χ1n) is 4.96. The highest BCUT2D eigenvalue weighted by Gasteiger charge is 2.06. The maximum atomic E-state index is 10.5. The summed E-state index contributed by atoms with van der Waals surface area (Å²) in [4.78, 5) is 18.3. The molecular formula is C11H10N4O2. The minimum atomic E-state index is -0.428. The van der Waals surface area contributed by atoms with Crippen molar-refractivity contribution in [2.75, 3.05) is 12.4 Å². The molecule has 0 fully saturated rings. The van der Waals surface area contributed by atoms with Gasteiger partial charge in [0.05, 0.1) is 10.6 Å². The van der Waals surface area contributed by atoms with E-state index in [0.717, 1.165) is 11.3 Å². The standard InChI is InChI=1S/C11H10N4O2/c1-12-11-13-7-6-10(14-11)8-2-4-9(5-3-8)15(16)17/h2-7H,1H3,(H,12,13,14). The molecule has 1 aromatic carbocycles. The molecule has 6 nitrogen and oxygen atoms in total. The summed E-state index contributed by atoms with van der Waals surface area (Å²) in [7, 11) is 1.73. The first-order valence-corrected chi connectivity index (χ1v) is 4.96. The van der Waals surface area contributed by atoms with Gasteiger partial charge in [-0.1, -0.05) is 0 Å². The molecule has 0 radical (unpaired) electrons. The van der Waals surface area contributed by atoms with Crippen molar-refractivity contribution in [1.29, 1.82) is 0 Å². The number of nitro groups is 1. The van der Waals surface area contributed by atoms with Crippen molar-refractivity contribution >= 4 is 11.6 Å². The summed E-state index contributed by atoms with van der Waals surface area (Å²) in [5.74, 6) is 0.515. The average Bonchev–Trinajstić information content (AvgIpc) is 2.39. The van der Waals surface area contributed by atoms with Gasteiger partial charge in [-0.3, -0.25) is 10.1 Å². The van der Waals surface area contributed by atoms with Crippen molar-refractivity contribution in [3.63, 3.8) is 0 Å².